The van der Waals surface area contributed by atoms with E-state index in [9.17, 15) is 20.1 Å². The van der Waals surface area contributed by atoms with Crippen LogP contribution in [0.15, 0.2) is 18.2 Å². The van der Waals surface area contributed by atoms with Gasteiger partial charge in [-0.15, -0.1) is 0 Å². The number of amides is 1. The smallest absolute Gasteiger partial charge is 0.261 e. The molecule has 1 aliphatic heterocycles. The van der Waals surface area contributed by atoms with Crippen molar-refractivity contribution in [2.45, 2.75) is 12.0 Å². The molecule has 4 N–H and O–H groups in total. The van der Waals surface area contributed by atoms with E-state index in [1.807, 2.05) is 0 Å². The highest BCUT2D eigenvalue weighted by Crippen LogP contribution is 2.28. The average molecular weight is 266 g/mol. The van der Waals surface area contributed by atoms with Gasteiger partial charge in [0.1, 0.15) is 17.1 Å². The summed E-state index contributed by atoms with van der Waals surface area (Å²) in [5, 5.41) is 32.6. The van der Waals surface area contributed by atoms with Crippen LogP contribution in [-0.2, 0) is 0 Å². The van der Waals surface area contributed by atoms with Gasteiger partial charge < -0.3 is 25.5 Å². The Balaban J connectivity index is 2.15. The second-order valence-corrected chi connectivity index (χ2v) is 4.98. The van der Waals surface area contributed by atoms with Crippen molar-refractivity contribution in [2.75, 3.05) is 26.7 Å². The normalized spacial score (nSPS) is 22.4. The highest BCUT2D eigenvalue weighted by atomic mass is 16.3. The Morgan fingerprint density at radius 2 is 2.05 bits per heavy atom. The van der Waals surface area contributed by atoms with Crippen molar-refractivity contribution in [3.63, 3.8) is 0 Å². The van der Waals surface area contributed by atoms with Crippen molar-refractivity contribution >= 4 is 5.91 Å². The predicted octanol–water partition coefficient (Wildman–Crippen LogP) is -0.106. The quantitative estimate of drug-likeness (QED) is 0.613. The highest BCUT2D eigenvalue weighted by molar-refractivity contribution is 5.99. The molecule has 1 aromatic rings. The Hall–Kier alpha value is -1.79. The van der Waals surface area contributed by atoms with Gasteiger partial charge in [0.15, 0.2) is 0 Å². The van der Waals surface area contributed by atoms with Gasteiger partial charge in [-0.1, -0.05) is 6.07 Å². The van der Waals surface area contributed by atoms with Crippen LogP contribution in [0.1, 0.15) is 16.8 Å². The summed E-state index contributed by atoms with van der Waals surface area (Å²) in [4.78, 5) is 13.5. The molecule has 0 bridgehead atoms. The molecule has 104 valence electrons. The van der Waals surface area contributed by atoms with Gasteiger partial charge in [0, 0.05) is 13.6 Å². The first-order valence-electron chi connectivity index (χ1n) is 6.12. The number of nitrogens with one attached hydrogen (secondary N) is 1. The summed E-state index contributed by atoms with van der Waals surface area (Å²) in [5.74, 6) is -1.06. The molecule has 1 heterocycles. The minimum atomic E-state index is -0.954. The Bertz CT molecular complexity index is 463. The topological polar surface area (TPSA) is 93.0 Å². The second-order valence-electron chi connectivity index (χ2n) is 4.98. The van der Waals surface area contributed by atoms with Crippen molar-refractivity contribution in [1.29, 1.82) is 0 Å². The lowest BCUT2D eigenvalue weighted by Crippen LogP contribution is -2.45. The Morgan fingerprint density at radius 1 is 1.42 bits per heavy atom. The molecule has 6 heteroatoms. The molecule has 1 fully saturated rings. The van der Waals surface area contributed by atoms with Crippen LogP contribution < -0.4 is 5.32 Å². The number of aromatic hydroxyl groups is 2. The minimum absolute atomic E-state index is 0.139. The number of hydrogen-bond acceptors (Lipinski definition) is 5. The fraction of sp³-hybridized carbons (Fsp3) is 0.462. The molecule has 0 aliphatic carbocycles. The molecule has 0 saturated carbocycles. The van der Waals surface area contributed by atoms with E-state index in [1.165, 1.54) is 30.1 Å². The number of phenols is 2. The SMILES string of the molecule is CN(CC1(O)CCNC1)C(=O)c1c(O)cccc1O. The summed E-state index contributed by atoms with van der Waals surface area (Å²) in [7, 11) is 1.53. The second kappa shape index (κ2) is 5.07. The zero-order valence-corrected chi connectivity index (χ0v) is 10.8. The number of β-amino-alcohol motifs (C(OH)–C–C–N with tert-alkyl or cyclic N) is 1. The van der Waals surface area contributed by atoms with E-state index in [1.54, 1.807) is 0 Å². The summed E-state index contributed by atoms with van der Waals surface area (Å²) >= 11 is 0. The van der Waals surface area contributed by atoms with E-state index in [0.29, 0.717) is 19.5 Å². The first-order chi connectivity index (χ1) is 8.93. The summed E-state index contributed by atoms with van der Waals surface area (Å²) in [6.07, 6.45) is 0.567. The molecule has 1 amide bonds. The van der Waals surface area contributed by atoms with Crippen molar-refractivity contribution in [2.24, 2.45) is 0 Å². The van der Waals surface area contributed by atoms with Crippen molar-refractivity contribution < 1.29 is 20.1 Å². The lowest BCUT2D eigenvalue weighted by atomic mass is 10.0. The minimum Gasteiger partial charge on any atom is -0.507 e. The van der Waals surface area contributed by atoms with Gasteiger partial charge in [0.05, 0.1) is 12.1 Å². The molecule has 6 nitrogen and oxygen atoms in total. The lowest BCUT2D eigenvalue weighted by Gasteiger charge is -2.28. The third-order valence-electron chi connectivity index (χ3n) is 3.33. The van der Waals surface area contributed by atoms with E-state index in [2.05, 4.69) is 5.32 Å². The van der Waals surface area contributed by atoms with Gasteiger partial charge >= 0.3 is 0 Å². The molecule has 0 spiro atoms. The van der Waals surface area contributed by atoms with Gasteiger partial charge in [0.2, 0.25) is 0 Å². The van der Waals surface area contributed by atoms with E-state index in [0.717, 1.165) is 0 Å². The van der Waals surface area contributed by atoms with E-state index >= 15 is 0 Å². The maximum atomic E-state index is 12.2. The lowest BCUT2D eigenvalue weighted by molar-refractivity contribution is 0.0250. The summed E-state index contributed by atoms with van der Waals surface area (Å²) in [6.45, 7) is 1.28. The predicted molar refractivity (Wildman–Crippen MR) is 69.2 cm³/mol. The molecule has 1 aromatic carbocycles. The van der Waals surface area contributed by atoms with Crippen molar-refractivity contribution in [3.8, 4) is 11.5 Å². The molecule has 1 atom stereocenters. The van der Waals surface area contributed by atoms with Gasteiger partial charge in [-0.2, -0.15) is 0 Å². The number of benzene rings is 1. The Morgan fingerprint density at radius 3 is 2.58 bits per heavy atom. The first-order valence-corrected chi connectivity index (χ1v) is 6.12. The number of carbonyl (C=O) groups excluding carboxylic acids is 1. The highest BCUT2D eigenvalue weighted by Gasteiger charge is 2.34. The maximum Gasteiger partial charge on any atom is 0.261 e. The fourth-order valence-corrected chi connectivity index (χ4v) is 2.32. The van der Waals surface area contributed by atoms with E-state index in [4.69, 9.17) is 0 Å². The number of rotatable bonds is 3. The molecule has 0 radical (unpaired) electrons. The van der Waals surface area contributed by atoms with Crippen LogP contribution in [-0.4, -0.2) is 58.4 Å². The fourth-order valence-electron chi connectivity index (χ4n) is 2.32. The molecule has 2 rings (SSSR count). The first kappa shape index (κ1) is 13.6. The average Bonchev–Trinajstić information content (AvgIpc) is 2.75. The molecular formula is C13H18N2O4. The van der Waals surface area contributed by atoms with Crippen LogP contribution in [0.25, 0.3) is 0 Å². The summed E-state index contributed by atoms with van der Waals surface area (Å²) in [5.41, 5.74) is -1.09. The third kappa shape index (κ3) is 2.80. The molecule has 1 saturated heterocycles. The van der Waals surface area contributed by atoms with Crippen LogP contribution in [0.5, 0.6) is 11.5 Å². The van der Waals surface area contributed by atoms with Crippen LogP contribution in [0.3, 0.4) is 0 Å². The number of phenolic OH excluding ortho intramolecular Hbond substituents is 2. The number of nitrogens with zero attached hydrogens (tertiary/aromatic N) is 1. The zero-order valence-electron chi connectivity index (χ0n) is 10.8. The van der Waals surface area contributed by atoms with Gasteiger partial charge in [-0.3, -0.25) is 4.79 Å². The van der Waals surface area contributed by atoms with Gasteiger partial charge in [-0.25, -0.2) is 0 Å². The van der Waals surface area contributed by atoms with Crippen LogP contribution >= 0.6 is 0 Å². The summed E-state index contributed by atoms with van der Waals surface area (Å²) < 4.78 is 0. The number of aliphatic hydroxyl groups is 1. The largest absolute Gasteiger partial charge is 0.507 e. The monoisotopic (exact) mass is 266 g/mol. The van der Waals surface area contributed by atoms with E-state index in [-0.39, 0.29) is 23.6 Å². The third-order valence-corrected chi connectivity index (χ3v) is 3.33. The van der Waals surface area contributed by atoms with Gasteiger partial charge in [-0.05, 0) is 25.1 Å². The number of carbonyl (C=O) groups is 1. The van der Waals surface area contributed by atoms with Gasteiger partial charge in [0.25, 0.3) is 5.91 Å². The Kier molecular flexibility index (Phi) is 3.64. The van der Waals surface area contributed by atoms with Crippen LogP contribution in [0, 0.1) is 0 Å². The maximum absolute atomic E-state index is 12.2. The Labute approximate surface area is 111 Å². The molecular weight excluding hydrogens is 248 g/mol. The van der Waals surface area contributed by atoms with Crippen molar-refractivity contribution in [3.05, 3.63) is 23.8 Å². The molecule has 1 aliphatic rings. The standard InChI is InChI=1S/C13H18N2O4/c1-15(8-13(19)5-6-14-7-13)12(18)11-9(16)3-2-4-10(11)17/h2-4,14,16-17,19H,5-8H2,1H3. The molecule has 1 unspecified atom stereocenters. The number of hydrogen-bond donors (Lipinski definition) is 4. The van der Waals surface area contributed by atoms with E-state index < -0.39 is 11.5 Å². The molecule has 0 aromatic heterocycles. The summed E-state index contributed by atoms with van der Waals surface area (Å²) in [6, 6.07) is 4.13. The van der Waals surface area contributed by atoms with Crippen LogP contribution in [0.2, 0.25) is 0 Å². The number of likely N-dealkylation sites (N-methyl/N-ethyl adjacent to an activating group) is 1. The molecule has 19 heavy (non-hydrogen) atoms. The van der Waals surface area contributed by atoms with Crippen LogP contribution in [0.4, 0.5) is 0 Å². The van der Waals surface area contributed by atoms with Crippen molar-refractivity contribution in [1.82, 2.24) is 10.2 Å². The zero-order chi connectivity index (χ0) is 14.0.